The minimum Gasteiger partial charge on any atom is -0.456 e. The molecule has 0 bridgehead atoms. The third-order valence-electron chi connectivity index (χ3n) is 7.02. The lowest BCUT2D eigenvalue weighted by molar-refractivity contribution is 0.572. The first-order valence-corrected chi connectivity index (χ1v) is 12.9. The number of benzene rings is 4. The molecule has 0 aliphatic carbocycles. The van der Waals surface area contributed by atoms with E-state index < -0.39 is 0 Å². The van der Waals surface area contributed by atoms with Crippen LogP contribution in [0.25, 0.3) is 55.0 Å². The second kappa shape index (κ2) is 7.48. The highest BCUT2D eigenvalue weighted by atomic mass is 79.9. The topological polar surface area (TPSA) is 26.3 Å². The number of furan rings is 2. The van der Waals surface area contributed by atoms with Crippen molar-refractivity contribution in [2.45, 2.75) is 52.4 Å². The van der Waals surface area contributed by atoms with E-state index in [1.165, 1.54) is 11.1 Å². The van der Waals surface area contributed by atoms with Gasteiger partial charge in [-0.3, -0.25) is 0 Å². The van der Waals surface area contributed by atoms with E-state index in [-0.39, 0.29) is 10.8 Å². The van der Waals surface area contributed by atoms with Crippen LogP contribution in [0.2, 0.25) is 0 Å². The van der Waals surface area contributed by atoms with Gasteiger partial charge in [-0.25, -0.2) is 0 Å². The zero-order valence-electron chi connectivity index (χ0n) is 21.0. The first-order chi connectivity index (χ1) is 16.6. The largest absolute Gasteiger partial charge is 0.456 e. The molecule has 6 rings (SSSR count). The van der Waals surface area contributed by atoms with E-state index in [1.807, 2.05) is 0 Å². The molecule has 0 amide bonds. The Morgan fingerprint density at radius 1 is 0.571 bits per heavy atom. The van der Waals surface area contributed by atoms with Crippen LogP contribution in [-0.2, 0) is 10.8 Å². The number of hydrogen-bond acceptors (Lipinski definition) is 2. The molecule has 0 N–H and O–H groups in total. The van der Waals surface area contributed by atoms with Crippen molar-refractivity contribution in [2.24, 2.45) is 0 Å². The first-order valence-electron chi connectivity index (χ1n) is 12.1. The zero-order chi connectivity index (χ0) is 24.7. The van der Waals surface area contributed by atoms with Crippen LogP contribution in [0.15, 0.2) is 80.0 Å². The van der Waals surface area contributed by atoms with Crippen LogP contribution in [0.1, 0.15) is 52.7 Å². The number of halogens is 1. The van der Waals surface area contributed by atoms with Crippen molar-refractivity contribution < 1.29 is 8.83 Å². The molecule has 0 aliphatic heterocycles. The summed E-state index contributed by atoms with van der Waals surface area (Å²) in [4.78, 5) is 0. The van der Waals surface area contributed by atoms with Gasteiger partial charge in [-0.2, -0.15) is 0 Å². The minimum absolute atomic E-state index is 0.0176. The van der Waals surface area contributed by atoms with Gasteiger partial charge in [0.1, 0.15) is 22.3 Å². The van der Waals surface area contributed by atoms with Gasteiger partial charge < -0.3 is 8.83 Å². The van der Waals surface area contributed by atoms with Gasteiger partial charge in [0.25, 0.3) is 0 Å². The SMILES string of the molecule is CC(C)(C)c1cccc2c1oc1c(-c3cccc4oc5c(C(C)(C)C)cccc5c34)c(Br)ccc12. The molecule has 35 heavy (non-hydrogen) atoms. The lowest BCUT2D eigenvalue weighted by atomic mass is 9.85. The highest BCUT2D eigenvalue weighted by molar-refractivity contribution is 9.10. The molecule has 0 fully saturated rings. The van der Waals surface area contributed by atoms with Crippen LogP contribution >= 0.6 is 15.9 Å². The molecule has 6 aromatic rings. The Morgan fingerprint density at radius 3 is 1.80 bits per heavy atom. The van der Waals surface area contributed by atoms with Crippen molar-refractivity contribution in [1.29, 1.82) is 0 Å². The first kappa shape index (κ1) is 22.4. The summed E-state index contributed by atoms with van der Waals surface area (Å²) in [6.07, 6.45) is 0. The molecule has 0 radical (unpaired) electrons. The van der Waals surface area contributed by atoms with Crippen LogP contribution in [0.4, 0.5) is 0 Å². The van der Waals surface area contributed by atoms with E-state index in [4.69, 9.17) is 8.83 Å². The molecule has 0 saturated heterocycles. The van der Waals surface area contributed by atoms with Crippen LogP contribution in [0.3, 0.4) is 0 Å². The van der Waals surface area contributed by atoms with Crippen molar-refractivity contribution >= 4 is 59.8 Å². The van der Waals surface area contributed by atoms with Crippen LogP contribution in [0.5, 0.6) is 0 Å². The summed E-state index contributed by atoms with van der Waals surface area (Å²) in [7, 11) is 0. The molecule has 3 heteroatoms. The maximum Gasteiger partial charge on any atom is 0.144 e. The number of fused-ring (bicyclic) bond motifs is 6. The second-order valence-corrected chi connectivity index (χ2v) is 12.4. The normalized spacial score (nSPS) is 13.0. The Labute approximate surface area is 214 Å². The summed E-state index contributed by atoms with van der Waals surface area (Å²) in [6, 6.07) is 23.6. The van der Waals surface area contributed by atoms with Crippen LogP contribution in [0, 0.1) is 0 Å². The Morgan fingerprint density at radius 2 is 1.14 bits per heavy atom. The number of hydrogen-bond donors (Lipinski definition) is 0. The van der Waals surface area contributed by atoms with Gasteiger partial charge in [0.15, 0.2) is 0 Å². The highest BCUT2D eigenvalue weighted by Crippen LogP contribution is 2.47. The monoisotopic (exact) mass is 524 g/mol. The molecule has 2 nitrogen and oxygen atoms in total. The van der Waals surface area contributed by atoms with E-state index >= 15 is 0 Å². The molecular weight excluding hydrogens is 496 g/mol. The summed E-state index contributed by atoms with van der Waals surface area (Å²) in [6.45, 7) is 13.4. The molecule has 2 heterocycles. The van der Waals surface area contributed by atoms with Crippen LogP contribution in [-0.4, -0.2) is 0 Å². The molecule has 0 saturated carbocycles. The van der Waals surface area contributed by atoms with Gasteiger partial charge in [0.2, 0.25) is 0 Å². The predicted molar refractivity (Wildman–Crippen MR) is 152 cm³/mol. The quantitative estimate of drug-likeness (QED) is 0.213. The third-order valence-corrected chi connectivity index (χ3v) is 7.68. The second-order valence-electron chi connectivity index (χ2n) is 11.5. The van der Waals surface area contributed by atoms with Gasteiger partial charge in [-0.05, 0) is 34.6 Å². The van der Waals surface area contributed by atoms with Gasteiger partial charge in [-0.15, -0.1) is 0 Å². The number of rotatable bonds is 1. The fourth-order valence-corrected chi connectivity index (χ4v) is 5.85. The third kappa shape index (κ3) is 3.36. The summed E-state index contributed by atoms with van der Waals surface area (Å²) in [5.74, 6) is 0. The van der Waals surface area contributed by atoms with E-state index in [9.17, 15) is 0 Å². The molecule has 2 aromatic heterocycles. The van der Waals surface area contributed by atoms with E-state index in [0.29, 0.717) is 0 Å². The summed E-state index contributed by atoms with van der Waals surface area (Å²) in [5.41, 5.74) is 8.30. The maximum absolute atomic E-state index is 6.73. The van der Waals surface area contributed by atoms with Gasteiger partial charge in [-0.1, -0.05) is 106 Å². The lowest BCUT2D eigenvalue weighted by Gasteiger charge is -2.18. The van der Waals surface area contributed by atoms with Crippen molar-refractivity contribution in [3.8, 4) is 11.1 Å². The average Bonchev–Trinajstić information content (AvgIpc) is 3.35. The molecular formula is C32H29BrO2. The smallest absolute Gasteiger partial charge is 0.144 e. The predicted octanol–water partition coefficient (Wildman–Crippen LogP) is 10.5. The lowest BCUT2D eigenvalue weighted by Crippen LogP contribution is -2.10. The van der Waals surface area contributed by atoms with E-state index in [1.54, 1.807) is 0 Å². The van der Waals surface area contributed by atoms with Crippen molar-refractivity contribution in [2.75, 3.05) is 0 Å². The Kier molecular flexibility index (Phi) is 4.79. The fourth-order valence-electron chi connectivity index (χ4n) is 5.33. The molecule has 0 unspecified atom stereocenters. The zero-order valence-corrected chi connectivity index (χ0v) is 22.6. The molecule has 0 spiro atoms. The van der Waals surface area contributed by atoms with E-state index in [2.05, 4.69) is 124 Å². The summed E-state index contributed by atoms with van der Waals surface area (Å²) in [5, 5.41) is 4.54. The summed E-state index contributed by atoms with van der Waals surface area (Å²) < 4.78 is 14.2. The fraction of sp³-hybridized carbons (Fsp3) is 0.250. The van der Waals surface area contributed by atoms with Gasteiger partial charge in [0, 0.05) is 42.7 Å². The standard InChI is InChI=1S/C32H29BrO2/c1-31(2,3)22-13-7-10-18-19-16-17-24(33)27(30(19)35-28(18)22)20-11-9-15-25-26(20)21-12-8-14-23(29(21)34-25)32(4,5)6/h7-17H,1-6H3. The van der Waals surface area contributed by atoms with Crippen molar-refractivity contribution in [1.82, 2.24) is 0 Å². The Balaban J connectivity index is 1.75. The van der Waals surface area contributed by atoms with Crippen LogP contribution < -0.4 is 0 Å². The molecule has 0 atom stereocenters. The van der Waals surface area contributed by atoms with Gasteiger partial charge in [0.05, 0.1) is 0 Å². The molecule has 4 aromatic carbocycles. The minimum atomic E-state index is -0.0189. The Hall–Kier alpha value is -3.04. The van der Waals surface area contributed by atoms with Crippen molar-refractivity contribution in [3.63, 3.8) is 0 Å². The highest BCUT2D eigenvalue weighted by Gasteiger charge is 2.25. The Bertz CT molecular complexity index is 1770. The average molecular weight is 525 g/mol. The number of para-hydroxylation sites is 2. The van der Waals surface area contributed by atoms with Gasteiger partial charge >= 0.3 is 0 Å². The molecule has 176 valence electrons. The molecule has 0 aliphatic rings. The van der Waals surface area contributed by atoms with Crippen molar-refractivity contribution in [3.05, 3.63) is 82.3 Å². The maximum atomic E-state index is 6.73. The van der Waals surface area contributed by atoms with E-state index in [0.717, 1.165) is 59.5 Å². The summed E-state index contributed by atoms with van der Waals surface area (Å²) >= 11 is 3.86.